The second kappa shape index (κ2) is 6.75. The summed E-state index contributed by atoms with van der Waals surface area (Å²) < 4.78 is 5.77. The van der Waals surface area contributed by atoms with E-state index >= 15 is 0 Å². The number of esters is 1. The minimum Gasteiger partial charge on any atom is -0.465 e. The van der Waals surface area contributed by atoms with Gasteiger partial charge in [-0.05, 0) is 52.9 Å². The Balaban J connectivity index is 1.70. The molecule has 2 heterocycles. The smallest absolute Gasteiger partial charge is 0.337 e. The fourth-order valence-corrected chi connectivity index (χ4v) is 4.06. The minimum atomic E-state index is -0.357. The summed E-state index contributed by atoms with van der Waals surface area (Å²) in [6, 6.07) is 13.1. The molecule has 1 aliphatic heterocycles. The highest BCUT2D eigenvalue weighted by atomic mass is 127. The fourth-order valence-electron chi connectivity index (χ4n) is 3.44. The monoisotopic (exact) mass is 460 g/mol. The third-order valence-electron chi connectivity index (χ3n) is 4.79. The number of nitrogens with zero attached hydrogens (tertiary/aromatic N) is 1. The molecule has 0 bridgehead atoms. The van der Waals surface area contributed by atoms with Gasteiger partial charge in [0.05, 0.1) is 18.2 Å². The van der Waals surface area contributed by atoms with Crippen molar-refractivity contribution in [1.82, 2.24) is 9.88 Å². The quantitative estimate of drug-likeness (QED) is 0.468. The normalized spacial score (nSPS) is 13.5. The molecule has 5 nitrogen and oxygen atoms in total. The molecule has 3 aromatic rings. The van der Waals surface area contributed by atoms with Crippen LogP contribution >= 0.6 is 22.6 Å². The Bertz CT molecular complexity index is 1030. The molecular weight excluding hydrogens is 443 g/mol. The number of aromatic amines is 1. The number of amides is 1. The van der Waals surface area contributed by atoms with E-state index in [-0.39, 0.29) is 11.9 Å². The summed E-state index contributed by atoms with van der Waals surface area (Å²) in [4.78, 5) is 30.1. The molecule has 1 amide bonds. The van der Waals surface area contributed by atoms with Crippen LogP contribution in [0.15, 0.2) is 42.5 Å². The van der Waals surface area contributed by atoms with E-state index in [1.165, 1.54) is 7.11 Å². The number of hydrogen-bond donors (Lipinski definition) is 1. The lowest BCUT2D eigenvalue weighted by Gasteiger charge is -2.27. The molecule has 1 aliphatic rings. The maximum Gasteiger partial charge on any atom is 0.337 e. The molecule has 6 heteroatoms. The van der Waals surface area contributed by atoms with Gasteiger partial charge in [-0.1, -0.05) is 12.1 Å². The van der Waals surface area contributed by atoms with Crippen molar-refractivity contribution in [3.63, 3.8) is 0 Å². The van der Waals surface area contributed by atoms with Crippen molar-refractivity contribution in [2.75, 3.05) is 13.7 Å². The molecule has 26 heavy (non-hydrogen) atoms. The Morgan fingerprint density at radius 2 is 2.00 bits per heavy atom. The zero-order valence-corrected chi connectivity index (χ0v) is 16.4. The van der Waals surface area contributed by atoms with E-state index in [2.05, 4.69) is 27.6 Å². The van der Waals surface area contributed by atoms with E-state index in [1.807, 2.05) is 41.3 Å². The number of carbonyl (C=O) groups is 2. The van der Waals surface area contributed by atoms with Crippen LogP contribution in [0.3, 0.4) is 0 Å². The number of hydrogen-bond acceptors (Lipinski definition) is 3. The van der Waals surface area contributed by atoms with E-state index in [4.69, 9.17) is 4.74 Å². The number of fused-ring (bicyclic) bond motifs is 3. The lowest BCUT2D eigenvalue weighted by Crippen LogP contribution is -2.36. The van der Waals surface area contributed by atoms with Crippen molar-refractivity contribution in [3.8, 4) is 0 Å². The van der Waals surface area contributed by atoms with Gasteiger partial charge in [-0.15, -0.1) is 0 Å². The lowest BCUT2D eigenvalue weighted by atomic mass is 10.0. The number of halogens is 1. The van der Waals surface area contributed by atoms with Crippen molar-refractivity contribution in [3.05, 3.63) is 68.4 Å². The van der Waals surface area contributed by atoms with Crippen molar-refractivity contribution in [1.29, 1.82) is 0 Å². The first-order valence-corrected chi connectivity index (χ1v) is 9.42. The Morgan fingerprint density at radius 3 is 2.77 bits per heavy atom. The molecule has 4 rings (SSSR count). The van der Waals surface area contributed by atoms with E-state index in [0.717, 1.165) is 37.7 Å². The van der Waals surface area contributed by atoms with Gasteiger partial charge in [0.1, 0.15) is 0 Å². The SMILES string of the molecule is COC(=O)c1ccc2[nH]c3c(c2c1)CN(C(=O)c1ccccc1I)CC3. The van der Waals surface area contributed by atoms with Gasteiger partial charge < -0.3 is 14.6 Å². The predicted octanol–water partition coefficient (Wildman–Crippen LogP) is 3.76. The largest absolute Gasteiger partial charge is 0.465 e. The minimum absolute atomic E-state index is 0.0409. The average Bonchev–Trinajstić information content (AvgIpc) is 3.04. The van der Waals surface area contributed by atoms with Crippen molar-refractivity contribution in [2.45, 2.75) is 13.0 Å². The summed E-state index contributed by atoms with van der Waals surface area (Å²) in [6.45, 7) is 1.21. The van der Waals surface area contributed by atoms with Gasteiger partial charge in [-0.3, -0.25) is 4.79 Å². The Labute approximate surface area is 164 Å². The van der Waals surface area contributed by atoms with Crippen molar-refractivity contribution in [2.24, 2.45) is 0 Å². The highest BCUT2D eigenvalue weighted by Crippen LogP contribution is 2.30. The van der Waals surface area contributed by atoms with Gasteiger partial charge in [0, 0.05) is 45.2 Å². The topological polar surface area (TPSA) is 62.4 Å². The zero-order valence-electron chi connectivity index (χ0n) is 14.2. The van der Waals surface area contributed by atoms with Crippen LogP contribution < -0.4 is 0 Å². The van der Waals surface area contributed by atoms with Crippen molar-refractivity contribution < 1.29 is 14.3 Å². The molecule has 2 aromatic carbocycles. The summed E-state index contributed by atoms with van der Waals surface area (Å²) in [6.07, 6.45) is 0.771. The van der Waals surface area contributed by atoms with Crippen LogP contribution in [0.1, 0.15) is 32.0 Å². The van der Waals surface area contributed by atoms with E-state index < -0.39 is 0 Å². The standard InChI is InChI=1S/C20H17IN2O3/c1-26-20(25)12-6-7-17-14(10-12)15-11-23(9-8-18(15)22-17)19(24)13-4-2-3-5-16(13)21/h2-7,10,22H,8-9,11H2,1H3. The third-order valence-corrected chi connectivity index (χ3v) is 5.73. The van der Waals surface area contributed by atoms with Crippen molar-refractivity contribution >= 4 is 45.4 Å². The number of ether oxygens (including phenoxy) is 1. The molecule has 0 saturated heterocycles. The number of aromatic nitrogens is 1. The number of rotatable bonds is 2. The molecule has 0 radical (unpaired) electrons. The molecule has 0 aliphatic carbocycles. The number of H-pyrrole nitrogens is 1. The molecular formula is C20H17IN2O3. The molecule has 0 fully saturated rings. The molecule has 1 N–H and O–H groups in total. The first-order valence-electron chi connectivity index (χ1n) is 8.34. The van der Waals surface area contributed by atoms with E-state index in [1.54, 1.807) is 6.07 Å². The Kier molecular flexibility index (Phi) is 4.44. The number of nitrogens with one attached hydrogen (secondary N) is 1. The summed E-state index contributed by atoms with van der Waals surface area (Å²) in [5.41, 5.74) is 4.44. The number of methoxy groups -OCH3 is 1. The number of benzene rings is 2. The van der Waals surface area contributed by atoms with E-state index in [9.17, 15) is 9.59 Å². The van der Waals surface area contributed by atoms with Crippen LogP contribution in [0, 0.1) is 3.57 Å². The maximum atomic E-state index is 12.9. The lowest BCUT2D eigenvalue weighted by molar-refractivity contribution is 0.0600. The molecule has 0 atom stereocenters. The highest BCUT2D eigenvalue weighted by molar-refractivity contribution is 14.1. The second-order valence-electron chi connectivity index (χ2n) is 6.29. The molecule has 0 saturated carbocycles. The van der Waals surface area contributed by atoms with Gasteiger partial charge >= 0.3 is 5.97 Å². The van der Waals surface area contributed by atoms with E-state index in [0.29, 0.717) is 18.7 Å². The Morgan fingerprint density at radius 1 is 1.19 bits per heavy atom. The summed E-state index contributed by atoms with van der Waals surface area (Å²) >= 11 is 2.20. The first-order chi connectivity index (χ1) is 12.6. The maximum absolute atomic E-state index is 12.9. The van der Waals surface area contributed by atoms with Gasteiger partial charge in [-0.25, -0.2) is 4.79 Å². The molecule has 0 spiro atoms. The van der Waals surface area contributed by atoms with Crippen LogP contribution in [0.2, 0.25) is 0 Å². The van der Waals surface area contributed by atoms with Crippen LogP contribution in [0.5, 0.6) is 0 Å². The van der Waals surface area contributed by atoms with Crippen LogP contribution in [0.25, 0.3) is 10.9 Å². The molecule has 1 aromatic heterocycles. The highest BCUT2D eigenvalue weighted by Gasteiger charge is 2.26. The third kappa shape index (κ3) is 2.88. The van der Waals surface area contributed by atoms with Gasteiger partial charge in [0.2, 0.25) is 0 Å². The zero-order chi connectivity index (χ0) is 18.3. The number of carbonyl (C=O) groups excluding carboxylic acids is 2. The molecule has 0 unspecified atom stereocenters. The van der Waals surface area contributed by atoms with Crippen LogP contribution in [-0.4, -0.2) is 35.4 Å². The van der Waals surface area contributed by atoms with Gasteiger partial charge in [0.15, 0.2) is 0 Å². The predicted molar refractivity (Wildman–Crippen MR) is 107 cm³/mol. The second-order valence-corrected chi connectivity index (χ2v) is 7.45. The van der Waals surface area contributed by atoms with Gasteiger partial charge in [-0.2, -0.15) is 0 Å². The summed E-state index contributed by atoms with van der Waals surface area (Å²) in [5.74, 6) is -0.316. The van der Waals surface area contributed by atoms with Crippen LogP contribution in [-0.2, 0) is 17.7 Å². The van der Waals surface area contributed by atoms with Crippen LogP contribution in [0.4, 0.5) is 0 Å². The summed E-state index contributed by atoms with van der Waals surface area (Å²) in [7, 11) is 1.38. The first kappa shape index (κ1) is 17.1. The Hall–Kier alpha value is -2.35. The summed E-state index contributed by atoms with van der Waals surface area (Å²) in [5, 5.41) is 0.975. The average molecular weight is 460 g/mol. The van der Waals surface area contributed by atoms with Gasteiger partial charge in [0.25, 0.3) is 5.91 Å². The fraction of sp³-hybridized carbons (Fsp3) is 0.200. The molecule has 132 valence electrons.